The normalized spacial score (nSPS) is 38.1. The third-order valence-corrected chi connectivity index (χ3v) is 3.67. The van der Waals surface area contributed by atoms with Gasteiger partial charge in [0, 0.05) is 4.83 Å². The van der Waals surface area contributed by atoms with Crippen molar-refractivity contribution >= 4 is 21.9 Å². The predicted molar refractivity (Wildman–Crippen MR) is 37.6 cm³/mol. The Balaban J connectivity index is 2.62. The van der Waals surface area contributed by atoms with Crippen LogP contribution in [0, 0.1) is 11.3 Å². The lowest BCUT2D eigenvalue weighted by Gasteiger charge is -1.94. The van der Waals surface area contributed by atoms with Gasteiger partial charge >= 0.3 is 5.97 Å². The first-order chi connectivity index (χ1) is 3.98. The molecule has 0 unspecified atom stereocenters. The van der Waals surface area contributed by atoms with Gasteiger partial charge in [-0.05, 0) is 5.41 Å². The zero-order chi connectivity index (χ0) is 7.23. The minimum Gasteiger partial charge on any atom is -0.481 e. The van der Waals surface area contributed by atoms with Crippen molar-refractivity contribution in [1.29, 1.82) is 0 Å². The number of alkyl halides is 1. The molecule has 2 nitrogen and oxygen atoms in total. The molecule has 1 rings (SSSR count). The van der Waals surface area contributed by atoms with Gasteiger partial charge in [0.05, 0.1) is 5.92 Å². The molecule has 2 atom stereocenters. The van der Waals surface area contributed by atoms with Crippen LogP contribution < -0.4 is 0 Å². The maximum absolute atomic E-state index is 10.4. The second-order valence-corrected chi connectivity index (χ2v) is 4.03. The fourth-order valence-electron chi connectivity index (χ4n) is 1.02. The van der Waals surface area contributed by atoms with E-state index in [0.29, 0.717) is 0 Å². The molecule has 9 heavy (non-hydrogen) atoms. The highest BCUT2D eigenvalue weighted by Crippen LogP contribution is 2.56. The maximum Gasteiger partial charge on any atom is 0.308 e. The molecule has 0 spiro atoms. The highest BCUT2D eigenvalue weighted by atomic mass is 79.9. The van der Waals surface area contributed by atoms with Crippen molar-refractivity contribution in [3.05, 3.63) is 0 Å². The first-order valence-corrected chi connectivity index (χ1v) is 3.76. The standard InChI is InChI=1S/C6H9BrO2/c1-6(2)3(4(6)7)5(8)9/h3-4H,1-2H3,(H,8,9)/t3-,4-/m0/s1. The van der Waals surface area contributed by atoms with Gasteiger partial charge in [0.2, 0.25) is 0 Å². The van der Waals surface area contributed by atoms with E-state index in [2.05, 4.69) is 15.9 Å². The largest absolute Gasteiger partial charge is 0.481 e. The maximum atomic E-state index is 10.4. The molecule has 1 aliphatic rings. The predicted octanol–water partition coefficient (Wildman–Crippen LogP) is 1.49. The van der Waals surface area contributed by atoms with Crippen molar-refractivity contribution in [3.8, 4) is 0 Å². The molecule has 0 aromatic carbocycles. The van der Waals surface area contributed by atoms with E-state index in [-0.39, 0.29) is 16.2 Å². The Morgan fingerprint density at radius 3 is 2.00 bits per heavy atom. The molecular weight excluding hydrogens is 184 g/mol. The Morgan fingerprint density at radius 2 is 2.00 bits per heavy atom. The SMILES string of the molecule is CC1(C)[C@H](C(=O)O)[C@@H]1Br. The molecule has 0 aromatic heterocycles. The fraction of sp³-hybridized carbons (Fsp3) is 0.833. The number of hydrogen-bond donors (Lipinski definition) is 1. The summed E-state index contributed by atoms with van der Waals surface area (Å²) in [5.74, 6) is -0.876. The van der Waals surface area contributed by atoms with Gasteiger partial charge in [0.1, 0.15) is 0 Å². The lowest BCUT2D eigenvalue weighted by Crippen LogP contribution is -2.02. The molecule has 1 N–H and O–H groups in total. The van der Waals surface area contributed by atoms with Crippen LogP contribution in [0.1, 0.15) is 13.8 Å². The number of carbonyl (C=O) groups is 1. The molecule has 0 heterocycles. The van der Waals surface area contributed by atoms with Gasteiger partial charge in [-0.3, -0.25) is 4.79 Å². The molecule has 0 aromatic rings. The molecule has 3 heteroatoms. The Hall–Kier alpha value is -0.0500. The van der Waals surface area contributed by atoms with E-state index in [1.54, 1.807) is 0 Å². The zero-order valence-electron chi connectivity index (χ0n) is 5.39. The van der Waals surface area contributed by atoms with Gasteiger partial charge in [-0.2, -0.15) is 0 Å². The summed E-state index contributed by atoms with van der Waals surface area (Å²) in [5, 5.41) is 8.53. The summed E-state index contributed by atoms with van der Waals surface area (Å²) >= 11 is 3.29. The van der Waals surface area contributed by atoms with Crippen LogP contribution in [0.4, 0.5) is 0 Å². The van der Waals surface area contributed by atoms with Crippen molar-refractivity contribution in [1.82, 2.24) is 0 Å². The molecule has 0 amide bonds. The Bertz CT molecular complexity index is 153. The summed E-state index contributed by atoms with van der Waals surface area (Å²) in [6, 6.07) is 0. The lowest BCUT2D eigenvalue weighted by atomic mass is 10.1. The minimum atomic E-state index is -0.693. The first kappa shape index (κ1) is 7.06. The molecule has 0 bridgehead atoms. The van der Waals surface area contributed by atoms with Crippen LogP contribution in [0.5, 0.6) is 0 Å². The number of halogens is 1. The highest BCUT2D eigenvalue weighted by molar-refractivity contribution is 9.09. The monoisotopic (exact) mass is 192 g/mol. The van der Waals surface area contributed by atoms with Crippen molar-refractivity contribution in [2.24, 2.45) is 11.3 Å². The lowest BCUT2D eigenvalue weighted by molar-refractivity contribution is -0.139. The molecule has 0 saturated heterocycles. The summed E-state index contributed by atoms with van der Waals surface area (Å²) < 4.78 is 0. The van der Waals surface area contributed by atoms with Gasteiger partial charge in [0.25, 0.3) is 0 Å². The van der Waals surface area contributed by atoms with Gasteiger partial charge in [-0.1, -0.05) is 29.8 Å². The Labute approximate surface area is 62.4 Å². The van der Waals surface area contributed by atoms with E-state index in [1.807, 2.05) is 13.8 Å². The van der Waals surface area contributed by atoms with E-state index in [4.69, 9.17) is 5.11 Å². The van der Waals surface area contributed by atoms with E-state index >= 15 is 0 Å². The summed E-state index contributed by atoms with van der Waals surface area (Å²) in [5.41, 5.74) is -0.0359. The van der Waals surface area contributed by atoms with Crippen LogP contribution in [0.15, 0.2) is 0 Å². The number of carboxylic acid groups (broad SMARTS) is 1. The van der Waals surface area contributed by atoms with E-state index in [1.165, 1.54) is 0 Å². The van der Waals surface area contributed by atoms with Gasteiger partial charge < -0.3 is 5.11 Å². The third kappa shape index (κ3) is 0.874. The van der Waals surface area contributed by atoms with Crippen LogP contribution in [-0.4, -0.2) is 15.9 Å². The number of rotatable bonds is 1. The summed E-state index contributed by atoms with van der Waals surface area (Å²) in [6.45, 7) is 3.90. The van der Waals surface area contributed by atoms with Crippen molar-refractivity contribution in [2.75, 3.05) is 0 Å². The Morgan fingerprint density at radius 1 is 1.67 bits per heavy atom. The van der Waals surface area contributed by atoms with Gasteiger partial charge in [-0.25, -0.2) is 0 Å². The average Bonchev–Trinajstić information content (AvgIpc) is 2.07. The molecule has 0 aliphatic heterocycles. The van der Waals surface area contributed by atoms with Crippen molar-refractivity contribution < 1.29 is 9.90 Å². The van der Waals surface area contributed by atoms with Crippen LogP contribution in [-0.2, 0) is 4.79 Å². The molecule has 1 aliphatic carbocycles. The quantitative estimate of drug-likeness (QED) is 0.640. The topological polar surface area (TPSA) is 37.3 Å². The zero-order valence-corrected chi connectivity index (χ0v) is 6.97. The van der Waals surface area contributed by atoms with Gasteiger partial charge in [0.15, 0.2) is 0 Å². The fourth-order valence-corrected chi connectivity index (χ4v) is 2.06. The van der Waals surface area contributed by atoms with E-state index < -0.39 is 5.97 Å². The number of hydrogen-bond acceptors (Lipinski definition) is 1. The smallest absolute Gasteiger partial charge is 0.308 e. The van der Waals surface area contributed by atoms with Crippen LogP contribution in [0.3, 0.4) is 0 Å². The summed E-state index contributed by atoms with van der Waals surface area (Å²) in [6.07, 6.45) is 0. The second kappa shape index (κ2) is 1.72. The minimum absolute atomic E-state index is 0.0359. The molecule has 52 valence electrons. The average molecular weight is 193 g/mol. The van der Waals surface area contributed by atoms with Gasteiger partial charge in [-0.15, -0.1) is 0 Å². The number of aliphatic carboxylic acids is 1. The Kier molecular flexibility index (Phi) is 1.35. The molecule has 0 radical (unpaired) electrons. The van der Waals surface area contributed by atoms with Crippen LogP contribution in [0.25, 0.3) is 0 Å². The summed E-state index contributed by atoms with van der Waals surface area (Å²) in [7, 11) is 0. The van der Waals surface area contributed by atoms with Crippen molar-refractivity contribution in [2.45, 2.75) is 18.7 Å². The third-order valence-electron chi connectivity index (χ3n) is 1.96. The molecular formula is C6H9BrO2. The highest BCUT2D eigenvalue weighted by Gasteiger charge is 2.60. The first-order valence-electron chi connectivity index (χ1n) is 2.85. The van der Waals surface area contributed by atoms with E-state index in [0.717, 1.165) is 0 Å². The second-order valence-electron chi connectivity index (χ2n) is 3.04. The van der Waals surface area contributed by atoms with Crippen molar-refractivity contribution in [3.63, 3.8) is 0 Å². The van der Waals surface area contributed by atoms with Crippen LogP contribution >= 0.6 is 15.9 Å². The number of carboxylic acids is 1. The summed E-state index contributed by atoms with van der Waals surface area (Å²) in [4.78, 5) is 10.5. The van der Waals surface area contributed by atoms with Crippen LogP contribution in [0.2, 0.25) is 0 Å². The van der Waals surface area contributed by atoms with E-state index in [9.17, 15) is 4.79 Å². The molecule has 1 fully saturated rings. The molecule has 1 saturated carbocycles.